The lowest BCUT2D eigenvalue weighted by Crippen LogP contribution is -2.32. The van der Waals surface area contributed by atoms with Gasteiger partial charge in [-0.1, -0.05) is 28.1 Å². The molecular formula is C14H15BrN2O. The SMILES string of the molecule is N#CCCN(CC(=O)c1ccc(Br)cc1)C1CC1. The number of carbonyl (C=O) groups excluding carboxylic acids is 1. The van der Waals surface area contributed by atoms with Gasteiger partial charge >= 0.3 is 0 Å². The molecule has 0 bridgehead atoms. The van der Waals surface area contributed by atoms with Crippen LogP contribution < -0.4 is 0 Å². The number of nitriles is 1. The van der Waals surface area contributed by atoms with Crippen LogP contribution >= 0.6 is 15.9 Å². The van der Waals surface area contributed by atoms with Crippen LogP contribution in [0, 0.1) is 11.3 Å². The molecule has 0 amide bonds. The Morgan fingerprint density at radius 1 is 1.39 bits per heavy atom. The molecule has 0 atom stereocenters. The highest BCUT2D eigenvalue weighted by Crippen LogP contribution is 2.27. The molecule has 0 unspecified atom stereocenters. The third-order valence-electron chi connectivity index (χ3n) is 3.09. The van der Waals surface area contributed by atoms with Crippen LogP contribution in [0.4, 0.5) is 0 Å². The summed E-state index contributed by atoms with van der Waals surface area (Å²) in [7, 11) is 0. The molecule has 0 saturated heterocycles. The fraction of sp³-hybridized carbons (Fsp3) is 0.429. The molecule has 18 heavy (non-hydrogen) atoms. The summed E-state index contributed by atoms with van der Waals surface area (Å²) in [5.74, 6) is 0.132. The monoisotopic (exact) mass is 306 g/mol. The first-order chi connectivity index (χ1) is 8.70. The van der Waals surface area contributed by atoms with Crippen molar-refractivity contribution in [3.05, 3.63) is 34.3 Å². The number of benzene rings is 1. The van der Waals surface area contributed by atoms with Gasteiger partial charge in [-0.25, -0.2) is 0 Å². The van der Waals surface area contributed by atoms with Gasteiger partial charge in [0.1, 0.15) is 0 Å². The number of Topliss-reactive ketones (excluding diaryl/α,β-unsaturated/α-hetero) is 1. The first-order valence-corrected chi connectivity index (χ1v) is 6.90. The molecule has 0 radical (unpaired) electrons. The van der Waals surface area contributed by atoms with E-state index < -0.39 is 0 Å². The summed E-state index contributed by atoms with van der Waals surface area (Å²) in [5.41, 5.74) is 0.737. The standard InChI is InChI=1S/C14H15BrN2O/c15-12-4-2-11(3-5-12)14(18)10-17(9-1-8-16)13-6-7-13/h2-5,13H,1,6-7,9-10H2. The lowest BCUT2D eigenvalue weighted by atomic mass is 10.1. The summed E-state index contributed by atoms with van der Waals surface area (Å²) >= 11 is 3.36. The van der Waals surface area contributed by atoms with Crippen molar-refractivity contribution >= 4 is 21.7 Å². The van der Waals surface area contributed by atoms with E-state index in [0.29, 0.717) is 25.6 Å². The predicted octanol–water partition coefficient (Wildman–Crippen LogP) is 3.01. The van der Waals surface area contributed by atoms with Crippen molar-refractivity contribution in [2.45, 2.75) is 25.3 Å². The molecule has 0 aliphatic heterocycles. The summed E-state index contributed by atoms with van der Waals surface area (Å²) < 4.78 is 0.975. The van der Waals surface area contributed by atoms with Crippen LogP contribution in [-0.2, 0) is 0 Å². The van der Waals surface area contributed by atoms with Crippen molar-refractivity contribution in [1.82, 2.24) is 4.90 Å². The highest BCUT2D eigenvalue weighted by atomic mass is 79.9. The summed E-state index contributed by atoms with van der Waals surface area (Å²) in [5, 5.41) is 8.63. The molecule has 0 heterocycles. The van der Waals surface area contributed by atoms with Crippen molar-refractivity contribution in [1.29, 1.82) is 5.26 Å². The molecule has 4 heteroatoms. The summed E-state index contributed by atoms with van der Waals surface area (Å²) in [6.07, 6.45) is 2.79. The van der Waals surface area contributed by atoms with Crippen molar-refractivity contribution in [2.75, 3.05) is 13.1 Å². The van der Waals surface area contributed by atoms with Crippen LogP contribution in [0.1, 0.15) is 29.6 Å². The molecule has 0 aromatic heterocycles. The highest BCUT2D eigenvalue weighted by Gasteiger charge is 2.29. The van der Waals surface area contributed by atoms with Crippen LogP contribution in [0.15, 0.2) is 28.7 Å². The Kier molecular flexibility index (Phi) is 4.51. The Balaban J connectivity index is 1.96. The molecule has 94 valence electrons. The highest BCUT2D eigenvalue weighted by molar-refractivity contribution is 9.10. The number of halogens is 1. The van der Waals surface area contributed by atoms with Crippen LogP contribution in [-0.4, -0.2) is 29.8 Å². The van der Waals surface area contributed by atoms with Crippen LogP contribution in [0.2, 0.25) is 0 Å². The fourth-order valence-corrected chi connectivity index (χ4v) is 2.20. The van der Waals surface area contributed by atoms with Crippen molar-refractivity contribution in [3.63, 3.8) is 0 Å². The van der Waals surface area contributed by atoms with E-state index in [-0.39, 0.29) is 5.78 Å². The summed E-state index contributed by atoms with van der Waals surface area (Å²) in [4.78, 5) is 14.3. The van der Waals surface area contributed by atoms with E-state index in [0.717, 1.165) is 22.9 Å². The molecule has 0 N–H and O–H groups in total. The van der Waals surface area contributed by atoms with Gasteiger partial charge in [-0.05, 0) is 25.0 Å². The number of ketones is 1. The smallest absolute Gasteiger partial charge is 0.176 e. The van der Waals surface area contributed by atoms with Crippen LogP contribution in [0.5, 0.6) is 0 Å². The molecule has 3 nitrogen and oxygen atoms in total. The van der Waals surface area contributed by atoms with Crippen molar-refractivity contribution in [3.8, 4) is 6.07 Å². The first-order valence-electron chi connectivity index (χ1n) is 6.10. The molecule has 1 saturated carbocycles. The minimum atomic E-state index is 0.132. The molecule has 0 spiro atoms. The molecule has 1 aliphatic carbocycles. The molecular weight excluding hydrogens is 292 g/mol. The van der Waals surface area contributed by atoms with Gasteiger partial charge in [-0.2, -0.15) is 5.26 Å². The van der Waals surface area contributed by atoms with Gasteiger partial charge in [-0.3, -0.25) is 9.69 Å². The Morgan fingerprint density at radius 3 is 2.61 bits per heavy atom. The zero-order chi connectivity index (χ0) is 13.0. The van der Waals surface area contributed by atoms with Crippen molar-refractivity contribution < 1.29 is 4.79 Å². The van der Waals surface area contributed by atoms with E-state index >= 15 is 0 Å². The summed E-state index contributed by atoms with van der Waals surface area (Å²) in [6.45, 7) is 1.12. The second-order valence-electron chi connectivity index (χ2n) is 4.54. The summed E-state index contributed by atoms with van der Waals surface area (Å²) in [6, 6.07) is 10.1. The maximum atomic E-state index is 12.1. The molecule has 1 fully saturated rings. The Morgan fingerprint density at radius 2 is 2.06 bits per heavy atom. The number of nitrogens with zero attached hydrogens (tertiary/aromatic N) is 2. The van der Waals surface area contributed by atoms with E-state index in [1.807, 2.05) is 24.3 Å². The lowest BCUT2D eigenvalue weighted by Gasteiger charge is -2.19. The van der Waals surface area contributed by atoms with Gasteiger partial charge in [0.25, 0.3) is 0 Å². The second-order valence-corrected chi connectivity index (χ2v) is 5.46. The third-order valence-corrected chi connectivity index (χ3v) is 3.62. The first kappa shape index (κ1) is 13.3. The second kappa shape index (κ2) is 6.12. The van der Waals surface area contributed by atoms with E-state index in [2.05, 4.69) is 26.9 Å². The van der Waals surface area contributed by atoms with Crippen molar-refractivity contribution in [2.24, 2.45) is 0 Å². The zero-order valence-corrected chi connectivity index (χ0v) is 11.7. The Bertz CT molecular complexity index is 460. The van der Waals surface area contributed by atoms with E-state index in [1.54, 1.807) is 0 Å². The molecule has 1 aromatic carbocycles. The van der Waals surface area contributed by atoms with Gasteiger partial charge in [0.2, 0.25) is 0 Å². The minimum Gasteiger partial charge on any atom is -0.293 e. The third kappa shape index (κ3) is 3.66. The van der Waals surface area contributed by atoms with Crippen LogP contribution in [0.25, 0.3) is 0 Å². The average molecular weight is 307 g/mol. The maximum Gasteiger partial charge on any atom is 0.176 e. The Labute approximate surface area is 116 Å². The quantitative estimate of drug-likeness (QED) is 0.759. The van der Waals surface area contributed by atoms with Gasteiger partial charge in [0, 0.05) is 29.0 Å². The Hall–Kier alpha value is -1.18. The number of hydrogen-bond donors (Lipinski definition) is 0. The fourth-order valence-electron chi connectivity index (χ4n) is 1.94. The number of carbonyl (C=O) groups is 1. The molecule has 1 aliphatic rings. The zero-order valence-electron chi connectivity index (χ0n) is 10.1. The predicted molar refractivity (Wildman–Crippen MR) is 73.3 cm³/mol. The topological polar surface area (TPSA) is 44.1 Å². The van der Waals surface area contributed by atoms with Gasteiger partial charge in [0.05, 0.1) is 12.6 Å². The van der Waals surface area contributed by atoms with Crippen LogP contribution in [0.3, 0.4) is 0 Å². The molecule has 1 aromatic rings. The van der Waals surface area contributed by atoms with Gasteiger partial charge in [-0.15, -0.1) is 0 Å². The normalized spacial score (nSPS) is 14.5. The lowest BCUT2D eigenvalue weighted by molar-refractivity contribution is 0.0926. The average Bonchev–Trinajstić information content (AvgIpc) is 3.19. The van der Waals surface area contributed by atoms with Gasteiger partial charge in [0.15, 0.2) is 5.78 Å². The van der Waals surface area contributed by atoms with E-state index in [1.165, 1.54) is 0 Å². The molecule has 2 rings (SSSR count). The maximum absolute atomic E-state index is 12.1. The van der Waals surface area contributed by atoms with E-state index in [9.17, 15) is 4.79 Å². The number of hydrogen-bond acceptors (Lipinski definition) is 3. The van der Waals surface area contributed by atoms with Gasteiger partial charge < -0.3 is 0 Å². The number of rotatable bonds is 6. The van der Waals surface area contributed by atoms with E-state index in [4.69, 9.17) is 5.26 Å². The largest absolute Gasteiger partial charge is 0.293 e. The minimum absolute atomic E-state index is 0.132.